The molecule has 0 aliphatic heterocycles. The lowest BCUT2D eigenvalue weighted by molar-refractivity contribution is 0.0940. The first-order valence-corrected chi connectivity index (χ1v) is 4.73. The molecule has 0 radical (unpaired) electrons. The normalized spacial score (nSPS) is 11.6. The third kappa shape index (κ3) is 3.35. The monoisotopic (exact) mass is 223 g/mol. The number of carbonyl (C=O) groups excluding carboxylic acids is 1. The third-order valence-corrected chi connectivity index (χ3v) is 1.93. The first-order valence-electron chi connectivity index (χ1n) is 4.73. The lowest BCUT2D eigenvalue weighted by Crippen LogP contribution is -2.32. The van der Waals surface area contributed by atoms with Crippen LogP contribution in [0.3, 0.4) is 0 Å². The van der Waals surface area contributed by atoms with Crippen molar-refractivity contribution in [1.29, 1.82) is 0 Å². The number of hydrogen-bond donors (Lipinski definition) is 1. The topological polar surface area (TPSA) is 29.1 Å². The average Bonchev–Trinajstić information content (AvgIpc) is 2.16. The minimum absolute atomic E-state index is 0.0543. The van der Waals surface area contributed by atoms with E-state index in [0.717, 1.165) is 12.1 Å². The highest BCUT2D eigenvalue weighted by molar-refractivity contribution is 5.94. The summed E-state index contributed by atoms with van der Waals surface area (Å²) >= 11 is 0. The molecule has 0 saturated heterocycles. The molecule has 16 heavy (non-hydrogen) atoms. The van der Waals surface area contributed by atoms with E-state index in [-0.39, 0.29) is 11.6 Å². The number of amides is 1. The Labute approximate surface area is 92.7 Å². The number of benzene rings is 1. The second-order valence-corrected chi connectivity index (χ2v) is 3.44. The Morgan fingerprint density at radius 3 is 2.50 bits per heavy atom. The molecule has 0 aliphatic carbocycles. The average molecular weight is 223 g/mol. The van der Waals surface area contributed by atoms with Gasteiger partial charge in [0.25, 0.3) is 5.91 Å². The van der Waals surface area contributed by atoms with Crippen molar-refractivity contribution in [2.24, 2.45) is 0 Å². The molecule has 2 nitrogen and oxygen atoms in total. The van der Waals surface area contributed by atoms with Crippen LogP contribution >= 0.6 is 0 Å². The van der Waals surface area contributed by atoms with E-state index in [1.807, 2.05) is 0 Å². The highest BCUT2D eigenvalue weighted by Crippen LogP contribution is 2.08. The van der Waals surface area contributed by atoms with Gasteiger partial charge in [-0.25, -0.2) is 8.78 Å². The Kier molecular flexibility index (Phi) is 4.01. The molecule has 1 aromatic rings. The second kappa shape index (κ2) is 5.26. The van der Waals surface area contributed by atoms with Gasteiger partial charge in [-0.3, -0.25) is 4.79 Å². The maximum atomic E-state index is 12.8. The maximum Gasteiger partial charge on any atom is 0.251 e. The van der Waals surface area contributed by atoms with E-state index < -0.39 is 17.5 Å². The van der Waals surface area contributed by atoms with Crippen molar-refractivity contribution in [1.82, 2.24) is 5.32 Å². The van der Waals surface area contributed by atoms with E-state index in [2.05, 4.69) is 11.2 Å². The zero-order valence-corrected chi connectivity index (χ0v) is 8.76. The summed E-state index contributed by atoms with van der Waals surface area (Å²) in [6.45, 7) is 1.72. The molecule has 0 fully saturated rings. The van der Waals surface area contributed by atoms with Crippen LogP contribution in [0.25, 0.3) is 0 Å². The Bertz CT molecular complexity index is 417. The van der Waals surface area contributed by atoms with Crippen molar-refractivity contribution >= 4 is 5.91 Å². The Morgan fingerprint density at radius 1 is 1.44 bits per heavy atom. The molecule has 0 saturated carbocycles. The first-order chi connectivity index (χ1) is 7.52. The van der Waals surface area contributed by atoms with Crippen LogP contribution in [0, 0.1) is 24.0 Å². The summed E-state index contributed by atoms with van der Waals surface area (Å²) < 4.78 is 25.6. The van der Waals surface area contributed by atoms with Crippen molar-refractivity contribution in [2.75, 3.05) is 0 Å². The van der Waals surface area contributed by atoms with Gasteiger partial charge in [-0.2, -0.15) is 0 Å². The van der Waals surface area contributed by atoms with Gasteiger partial charge in [-0.15, -0.1) is 12.3 Å². The zero-order valence-electron chi connectivity index (χ0n) is 8.76. The molecular weight excluding hydrogens is 212 g/mol. The molecule has 1 unspecified atom stereocenters. The van der Waals surface area contributed by atoms with Crippen LogP contribution in [-0.2, 0) is 0 Å². The quantitative estimate of drug-likeness (QED) is 0.781. The fourth-order valence-corrected chi connectivity index (χ4v) is 1.22. The molecule has 0 bridgehead atoms. The number of carbonyl (C=O) groups is 1. The van der Waals surface area contributed by atoms with Crippen LogP contribution < -0.4 is 5.32 Å². The highest BCUT2D eigenvalue weighted by Gasteiger charge is 2.11. The molecule has 0 aromatic heterocycles. The Hall–Kier alpha value is -1.89. The van der Waals surface area contributed by atoms with Gasteiger partial charge in [0.2, 0.25) is 0 Å². The summed E-state index contributed by atoms with van der Waals surface area (Å²) in [5.41, 5.74) is -0.0543. The smallest absolute Gasteiger partial charge is 0.251 e. The number of hydrogen-bond acceptors (Lipinski definition) is 1. The van der Waals surface area contributed by atoms with Crippen molar-refractivity contribution in [3.63, 3.8) is 0 Å². The standard InChI is InChI=1S/C12H11F2NO/c1-3-4-8(2)15-12(16)9-5-10(13)7-11(14)6-9/h1,5-8H,4H2,2H3,(H,15,16). The van der Waals surface area contributed by atoms with E-state index in [4.69, 9.17) is 6.42 Å². The fourth-order valence-electron chi connectivity index (χ4n) is 1.22. The van der Waals surface area contributed by atoms with Gasteiger partial charge in [0, 0.05) is 24.1 Å². The summed E-state index contributed by atoms with van der Waals surface area (Å²) in [6.07, 6.45) is 5.44. The van der Waals surface area contributed by atoms with Crippen molar-refractivity contribution < 1.29 is 13.6 Å². The minimum Gasteiger partial charge on any atom is -0.349 e. The third-order valence-electron chi connectivity index (χ3n) is 1.93. The summed E-state index contributed by atoms with van der Waals surface area (Å²) in [7, 11) is 0. The van der Waals surface area contributed by atoms with Crippen LogP contribution in [0.4, 0.5) is 8.78 Å². The Balaban J connectivity index is 2.77. The van der Waals surface area contributed by atoms with E-state index >= 15 is 0 Å². The molecule has 84 valence electrons. The van der Waals surface area contributed by atoms with E-state index in [0.29, 0.717) is 12.5 Å². The molecule has 4 heteroatoms. The Morgan fingerprint density at radius 2 is 2.00 bits per heavy atom. The maximum absolute atomic E-state index is 12.8. The molecule has 0 heterocycles. The van der Waals surface area contributed by atoms with Crippen molar-refractivity contribution in [3.8, 4) is 12.3 Å². The largest absolute Gasteiger partial charge is 0.349 e. The van der Waals surface area contributed by atoms with Crippen LogP contribution in [0.2, 0.25) is 0 Å². The SMILES string of the molecule is C#CCC(C)NC(=O)c1cc(F)cc(F)c1. The highest BCUT2D eigenvalue weighted by atomic mass is 19.1. The molecule has 1 amide bonds. The molecule has 1 atom stereocenters. The van der Waals surface area contributed by atoms with Gasteiger partial charge in [0.1, 0.15) is 11.6 Å². The van der Waals surface area contributed by atoms with Gasteiger partial charge in [-0.05, 0) is 19.1 Å². The molecule has 0 spiro atoms. The van der Waals surface area contributed by atoms with Gasteiger partial charge in [0.05, 0.1) is 0 Å². The van der Waals surface area contributed by atoms with Crippen LogP contribution in [-0.4, -0.2) is 11.9 Å². The zero-order chi connectivity index (χ0) is 12.1. The number of nitrogens with one attached hydrogen (secondary N) is 1. The van der Waals surface area contributed by atoms with Crippen LogP contribution in [0.15, 0.2) is 18.2 Å². The summed E-state index contributed by atoms with van der Waals surface area (Å²) in [6, 6.07) is 2.42. The van der Waals surface area contributed by atoms with Crippen molar-refractivity contribution in [3.05, 3.63) is 35.4 Å². The van der Waals surface area contributed by atoms with Crippen LogP contribution in [0.1, 0.15) is 23.7 Å². The van der Waals surface area contributed by atoms with E-state index in [1.54, 1.807) is 6.92 Å². The number of rotatable bonds is 3. The fraction of sp³-hybridized carbons (Fsp3) is 0.250. The van der Waals surface area contributed by atoms with Crippen LogP contribution in [0.5, 0.6) is 0 Å². The molecule has 0 aliphatic rings. The van der Waals surface area contributed by atoms with Gasteiger partial charge >= 0.3 is 0 Å². The lowest BCUT2D eigenvalue weighted by atomic mass is 10.1. The second-order valence-electron chi connectivity index (χ2n) is 3.44. The van der Waals surface area contributed by atoms with Gasteiger partial charge in [-0.1, -0.05) is 0 Å². The first kappa shape index (κ1) is 12.2. The molecule has 1 rings (SSSR count). The van der Waals surface area contributed by atoms with E-state index in [1.165, 1.54) is 0 Å². The molecule has 1 N–H and O–H groups in total. The minimum atomic E-state index is -0.783. The summed E-state index contributed by atoms with van der Waals surface area (Å²) in [5.74, 6) is 0.278. The van der Waals surface area contributed by atoms with Gasteiger partial charge < -0.3 is 5.32 Å². The number of halogens is 2. The van der Waals surface area contributed by atoms with Crippen molar-refractivity contribution in [2.45, 2.75) is 19.4 Å². The molecule has 1 aromatic carbocycles. The van der Waals surface area contributed by atoms with E-state index in [9.17, 15) is 13.6 Å². The summed E-state index contributed by atoms with van der Waals surface area (Å²) in [5, 5.41) is 2.54. The van der Waals surface area contributed by atoms with Gasteiger partial charge in [0.15, 0.2) is 0 Å². The summed E-state index contributed by atoms with van der Waals surface area (Å²) in [4.78, 5) is 11.5. The predicted molar refractivity (Wildman–Crippen MR) is 56.7 cm³/mol. The number of terminal acetylenes is 1. The molecular formula is C12H11F2NO. The predicted octanol–water partition coefficient (Wildman–Crippen LogP) is 2.11. The lowest BCUT2D eigenvalue weighted by Gasteiger charge is -2.10.